The van der Waals surface area contributed by atoms with Gasteiger partial charge in [-0.25, -0.2) is 13.6 Å². The Bertz CT molecular complexity index is 1060. The summed E-state index contributed by atoms with van der Waals surface area (Å²) in [6, 6.07) is -2.99. The number of ketones is 2. The molecular formula is C29H43F2N3O6. The molecule has 1 unspecified atom stereocenters. The van der Waals surface area contributed by atoms with Crippen LogP contribution in [-0.2, 0) is 23.9 Å². The molecule has 4 fully saturated rings. The summed E-state index contributed by atoms with van der Waals surface area (Å²) >= 11 is 0. The molecular weight excluding hydrogens is 524 g/mol. The van der Waals surface area contributed by atoms with Gasteiger partial charge in [0, 0.05) is 26.3 Å². The van der Waals surface area contributed by atoms with Gasteiger partial charge in [0.2, 0.25) is 23.5 Å². The number of fused-ring (bicyclic) bond motifs is 1. The monoisotopic (exact) mass is 567 g/mol. The van der Waals surface area contributed by atoms with E-state index in [1.165, 1.54) is 11.8 Å². The Morgan fingerprint density at radius 1 is 1.00 bits per heavy atom. The van der Waals surface area contributed by atoms with E-state index < -0.39 is 77.9 Å². The minimum absolute atomic E-state index is 0.0375. The van der Waals surface area contributed by atoms with Gasteiger partial charge in [-0.05, 0) is 69.1 Å². The van der Waals surface area contributed by atoms with Crippen LogP contribution in [0.5, 0.6) is 0 Å². The first-order chi connectivity index (χ1) is 18.4. The lowest BCUT2D eigenvalue weighted by Crippen LogP contribution is -2.59. The Morgan fingerprint density at radius 2 is 1.60 bits per heavy atom. The third-order valence-electron chi connectivity index (χ3n) is 9.18. The number of carbonyl (C=O) groups excluding carboxylic acids is 5. The zero-order valence-electron chi connectivity index (χ0n) is 24.4. The first-order valence-corrected chi connectivity index (χ1v) is 14.4. The smallest absolute Gasteiger partial charge is 0.408 e. The molecule has 3 aliphatic carbocycles. The fraction of sp³-hybridized carbons (Fsp3) is 0.828. The summed E-state index contributed by atoms with van der Waals surface area (Å²) < 4.78 is 33.3. The number of amides is 3. The maximum atomic E-state index is 14.1. The molecule has 224 valence electrons. The highest BCUT2D eigenvalue weighted by Gasteiger charge is 2.70. The summed E-state index contributed by atoms with van der Waals surface area (Å²) in [5, 5.41) is 5.42. The number of ether oxygens (including phenoxy) is 1. The van der Waals surface area contributed by atoms with E-state index in [0.717, 1.165) is 12.8 Å². The van der Waals surface area contributed by atoms with E-state index in [0.29, 0.717) is 6.42 Å². The summed E-state index contributed by atoms with van der Waals surface area (Å²) in [5.41, 5.74) is -1.05. The molecule has 5 atom stereocenters. The van der Waals surface area contributed by atoms with Gasteiger partial charge in [0.25, 0.3) is 0 Å². The molecule has 3 saturated carbocycles. The number of halogens is 2. The number of piperidine rings is 1. The van der Waals surface area contributed by atoms with Crippen molar-refractivity contribution in [2.75, 3.05) is 6.54 Å². The number of alkyl halides is 2. The van der Waals surface area contributed by atoms with Crippen molar-refractivity contribution in [3.63, 3.8) is 0 Å². The highest BCUT2D eigenvalue weighted by atomic mass is 19.3. The van der Waals surface area contributed by atoms with Gasteiger partial charge in [-0.2, -0.15) is 0 Å². The summed E-state index contributed by atoms with van der Waals surface area (Å²) in [6.07, 6.45) is 0.707. The lowest BCUT2D eigenvalue weighted by atomic mass is 9.81. The molecule has 1 saturated heterocycles. The van der Waals surface area contributed by atoms with Crippen LogP contribution in [0, 0.1) is 29.1 Å². The Kier molecular flexibility index (Phi) is 8.10. The highest BCUT2D eigenvalue weighted by Crippen LogP contribution is 2.65. The Hall–Kier alpha value is -2.59. The third-order valence-corrected chi connectivity index (χ3v) is 9.18. The van der Waals surface area contributed by atoms with Crippen LogP contribution in [0.1, 0.15) is 86.5 Å². The Balaban J connectivity index is 1.57. The van der Waals surface area contributed by atoms with E-state index in [9.17, 15) is 32.8 Å². The van der Waals surface area contributed by atoms with Crippen LogP contribution in [0.4, 0.5) is 13.6 Å². The van der Waals surface area contributed by atoms with Gasteiger partial charge >= 0.3 is 6.09 Å². The summed E-state index contributed by atoms with van der Waals surface area (Å²) in [7, 11) is 0. The third kappa shape index (κ3) is 6.65. The molecule has 0 spiro atoms. The van der Waals surface area contributed by atoms with Crippen molar-refractivity contribution in [1.29, 1.82) is 0 Å². The quantitative estimate of drug-likeness (QED) is 0.411. The van der Waals surface area contributed by atoms with E-state index in [4.69, 9.17) is 4.74 Å². The number of nitrogens with one attached hydrogen (secondary N) is 2. The SMILES string of the molecule is CC(=O)C(=O)C(CC1CC1)NC(=O)[C@@H]1[C@@H]2[C@H](CN1C(=O)[C@@H](NC(=O)OC(C)(C)C)C1CCC(F)(F)CC1)C2(C)C. The van der Waals surface area contributed by atoms with E-state index in [1.807, 2.05) is 13.8 Å². The number of likely N-dealkylation sites (tertiary alicyclic amines) is 1. The molecule has 0 aromatic rings. The number of hydrogen-bond acceptors (Lipinski definition) is 6. The largest absolute Gasteiger partial charge is 0.444 e. The number of hydrogen-bond donors (Lipinski definition) is 2. The van der Waals surface area contributed by atoms with Crippen LogP contribution in [0.2, 0.25) is 0 Å². The standard InChI is InChI=1S/C29H43F2N3O6/c1-15(35)23(36)19(13-16-7-8-16)32-24(37)22-20-18(28(20,5)6)14-34(22)25(38)21(33-26(39)40-27(2,3)4)17-9-11-29(30,31)12-10-17/h16-22H,7-14H2,1-6H3,(H,32,37)(H,33,39)/t18-,19?,20-,21-,22-/m0/s1. The zero-order valence-corrected chi connectivity index (χ0v) is 24.4. The molecule has 9 nitrogen and oxygen atoms in total. The van der Waals surface area contributed by atoms with Crippen LogP contribution >= 0.6 is 0 Å². The van der Waals surface area contributed by atoms with E-state index >= 15 is 0 Å². The van der Waals surface area contributed by atoms with Crippen molar-refractivity contribution in [3.05, 3.63) is 0 Å². The maximum Gasteiger partial charge on any atom is 0.408 e. The van der Waals surface area contributed by atoms with Gasteiger partial charge in [-0.15, -0.1) is 0 Å². The lowest BCUT2D eigenvalue weighted by Gasteiger charge is -2.38. The average molecular weight is 568 g/mol. The van der Waals surface area contributed by atoms with Crippen molar-refractivity contribution in [1.82, 2.24) is 15.5 Å². The molecule has 1 heterocycles. The second-order valence-corrected chi connectivity index (χ2v) is 13.9. The zero-order chi connectivity index (χ0) is 29.8. The van der Waals surface area contributed by atoms with Crippen LogP contribution < -0.4 is 10.6 Å². The van der Waals surface area contributed by atoms with Crippen molar-refractivity contribution >= 4 is 29.5 Å². The van der Waals surface area contributed by atoms with E-state index in [1.54, 1.807) is 20.8 Å². The first kappa shape index (κ1) is 30.4. The fourth-order valence-corrected chi connectivity index (χ4v) is 6.62. The Labute approximate surface area is 234 Å². The van der Waals surface area contributed by atoms with Crippen molar-refractivity contribution in [2.45, 2.75) is 116 Å². The first-order valence-electron chi connectivity index (χ1n) is 14.4. The van der Waals surface area contributed by atoms with Crippen molar-refractivity contribution in [3.8, 4) is 0 Å². The predicted molar refractivity (Wildman–Crippen MR) is 141 cm³/mol. The van der Waals surface area contributed by atoms with Gasteiger partial charge in [-0.1, -0.05) is 26.7 Å². The minimum atomic E-state index is -2.82. The molecule has 4 aliphatic rings. The number of nitrogens with zero attached hydrogens (tertiary/aromatic N) is 1. The van der Waals surface area contributed by atoms with Crippen LogP contribution in [-0.4, -0.2) is 70.6 Å². The number of carbonyl (C=O) groups is 5. The normalized spacial score (nSPS) is 28.6. The fourth-order valence-electron chi connectivity index (χ4n) is 6.62. The van der Waals surface area contributed by atoms with Crippen LogP contribution in [0.3, 0.4) is 0 Å². The van der Waals surface area contributed by atoms with Gasteiger partial charge in [-0.3, -0.25) is 19.2 Å². The van der Waals surface area contributed by atoms with Crippen molar-refractivity contribution < 1.29 is 37.5 Å². The van der Waals surface area contributed by atoms with Crippen LogP contribution in [0.25, 0.3) is 0 Å². The minimum Gasteiger partial charge on any atom is -0.444 e. The molecule has 11 heteroatoms. The average Bonchev–Trinajstić information content (AvgIpc) is 3.67. The number of Topliss-reactive ketones (excluding diaryl/α,β-unsaturated/α-hetero) is 2. The topological polar surface area (TPSA) is 122 Å². The molecule has 0 aromatic carbocycles. The van der Waals surface area contributed by atoms with Gasteiger partial charge in [0.15, 0.2) is 5.78 Å². The van der Waals surface area contributed by atoms with Gasteiger partial charge < -0.3 is 20.3 Å². The second kappa shape index (κ2) is 10.7. The van der Waals surface area contributed by atoms with E-state index in [2.05, 4.69) is 10.6 Å². The predicted octanol–water partition coefficient (Wildman–Crippen LogP) is 3.63. The molecule has 0 bridgehead atoms. The molecule has 0 aromatic heterocycles. The maximum absolute atomic E-state index is 14.1. The molecule has 40 heavy (non-hydrogen) atoms. The Morgan fingerprint density at radius 3 is 2.12 bits per heavy atom. The van der Waals surface area contributed by atoms with Crippen LogP contribution in [0.15, 0.2) is 0 Å². The molecule has 3 amide bonds. The van der Waals surface area contributed by atoms with Crippen molar-refractivity contribution in [2.24, 2.45) is 29.1 Å². The molecule has 4 rings (SSSR count). The lowest BCUT2D eigenvalue weighted by molar-refractivity contribution is -0.145. The van der Waals surface area contributed by atoms with Gasteiger partial charge in [0.1, 0.15) is 17.7 Å². The van der Waals surface area contributed by atoms with E-state index in [-0.39, 0.29) is 42.6 Å². The molecule has 2 N–H and O–H groups in total. The summed E-state index contributed by atoms with van der Waals surface area (Å²) in [4.78, 5) is 66.5. The molecule has 0 radical (unpaired) electrons. The highest BCUT2D eigenvalue weighted by molar-refractivity contribution is 6.38. The van der Waals surface area contributed by atoms with Gasteiger partial charge in [0.05, 0.1) is 6.04 Å². The number of alkyl carbamates (subject to hydrolysis) is 1. The summed E-state index contributed by atoms with van der Waals surface area (Å²) in [6.45, 7) is 10.5. The number of rotatable bonds is 9. The molecule has 1 aliphatic heterocycles. The summed E-state index contributed by atoms with van der Waals surface area (Å²) in [5.74, 6) is -5.53. The second-order valence-electron chi connectivity index (χ2n) is 13.9.